The minimum absolute atomic E-state index is 0.0744. The second kappa shape index (κ2) is 4.73. The Morgan fingerprint density at radius 2 is 2.25 bits per heavy atom. The lowest BCUT2D eigenvalue weighted by atomic mass is 9.89. The van der Waals surface area contributed by atoms with Gasteiger partial charge in [0.1, 0.15) is 9.39 Å². The molecular formula is C11H16IN3O. The largest absolute Gasteiger partial charge is 0.368 e. The van der Waals surface area contributed by atoms with E-state index >= 15 is 0 Å². The zero-order valence-electron chi connectivity index (χ0n) is 9.35. The number of nitrogens with zero attached hydrogens (tertiary/aromatic N) is 1. The van der Waals surface area contributed by atoms with E-state index < -0.39 is 0 Å². The van der Waals surface area contributed by atoms with Crippen LogP contribution in [0.2, 0.25) is 0 Å². The van der Waals surface area contributed by atoms with Crippen molar-refractivity contribution in [2.45, 2.75) is 32.6 Å². The third kappa shape index (κ3) is 2.56. The number of hydrogen-bond donors (Lipinski definition) is 2. The SMILES string of the molecule is CC1(CNc2nc[nH]c(=O)c2I)CCCC1. The van der Waals surface area contributed by atoms with Gasteiger partial charge < -0.3 is 10.3 Å². The van der Waals surface area contributed by atoms with Crippen LogP contribution in [0.3, 0.4) is 0 Å². The fourth-order valence-corrected chi connectivity index (χ4v) is 2.69. The van der Waals surface area contributed by atoms with Crippen LogP contribution in [0.4, 0.5) is 5.82 Å². The molecule has 0 unspecified atom stereocenters. The van der Waals surface area contributed by atoms with Crippen molar-refractivity contribution in [2.24, 2.45) is 5.41 Å². The van der Waals surface area contributed by atoms with Crippen molar-refractivity contribution in [1.82, 2.24) is 9.97 Å². The molecular weight excluding hydrogens is 317 g/mol. The summed E-state index contributed by atoms with van der Waals surface area (Å²) in [7, 11) is 0. The Balaban J connectivity index is 2.04. The van der Waals surface area contributed by atoms with Crippen molar-refractivity contribution in [3.63, 3.8) is 0 Å². The van der Waals surface area contributed by atoms with Gasteiger partial charge in [-0.15, -0.1) is 0 Å². The van der Waals surface area contributed by atoms with Gasteiger partial charge in [-0.1, -0.05) is 19.8 Å². The van der Waals surface area contributed by atoms with Crippen LogP contribution in [0.1, 0.15) is 32.6 Å². The molecule has 1 aliphatic carbocycles. The van der Waals surface area contributed by atoms with E-state index in [9.17, 15) is 4.79 Å². The summed E-state index contributed by atoms with van der Waals surface area (Å²) < 4.78 is 0.640. The molecule has 1 fully saturated rings. The number of aromatic amines is 1. The van der Waals surface area contributed by atoms with E-state index in [1.54, 1.807) is 0 Å². The second-order valence-electron chi connectivity index (χ2n) is 4.77. The Kier molecular flexibility index (Phi) is 3.51. The molecule has 16 heavy (non-hydrogen) atoms. The highest BCUT2D eigenvalue weighted by Crippen LogP contribution is 2.37. The Hall–Kier alpha value is -0.590. The summed E-state index contributed by atoms with van der Waals surface area (Å²) >= 11 is 2.03. The first-order chi connectivity index (χ1) is 7.61. The standard InChI is InChI=1S/C11H16IN3O/c1-11(4-2-3-5-11)6-13-9-8(12)10(16)15-7-14-9/h7H,2-6H2,1H3,(H2,13,14,15,16). The Labute approximate surface area is 108 Å². The third-order valence-corrected chi connectivity index (χ3v) is 4.29. The van der Waals surface area contributed by atoms with Gasteiger partial charge in [0.2, 0.25) is 0 Å². The zero-order chi connectivity index (χ0) is 11.6. The highest BCUT2D eigenvalue weighted by atomic mass is 127. The highest BCUT2D eigenvalue weighted by Gasteiger charge is 2.28. The number of aromatic nitrogens is 2. The monoisotopic (exact) mass is 333 g/mol. The van der Waals surface area contributed by atoms with Crippen molar-refractivity contribution in [3.05, 3.63) is 20.3 Å². The maximum absolute atomic E-state index is 11.4. The summed E-state index contributed by atoms with van der Waals surface area (Å²) in [5.41, 5.74) is 0.294. The van der Waals surface area contributed by atoms with Crippen LogP contribution in [-0.2, 0) is 0 Å². The molecule has 1 heterocycles. The molecule has 1 aliphatic rings. The molecule has 88 valence electrons. The molecule has 5 heteroatoms. The Bertz CT molecular complexity index is 423. The van der Waals surface area contributed by atoms with E-state index in [0.717, 1.165) is 6.54 Å². The summed E-state index contributed by atoms with van der Waals surface area (Å²) in [6.07, 6.45) is 6.61. The summed E-state index contributed by atoms with van der Waals surface area (Å²) in [6, 6.07) is 0. The van der Waals surface area contributed by atoms with Crippen LogP contribution in [0.15, 0.2) is 11.1 Å². The molecule has 0 saturated heterocycles. The summed E-state index contributed by atoms with van der Waals surface area (Å²) in [5, 5.41) is 3.30. The molecule has 4 nitrogen and oxygen atoms in total. The lowest BCUT2D eigenvalue weighted by Gasteiger charge is -2.24. The van der Waals surface area contributed by atoms with Gasteiger partial charge in [-0.2, -0.15) is 0 Å². The van der Waals surface area contributed by atoms with E-state index in [4.69, 9.17) is 0 Å². The van der Waals surface area contributed by atoms with Crippen LogP contribution >= 0.6 is 22.6 Å². The molecule has 0 amide bonds. The minimum Gasteiger partial charge on any atom is -0.368 e. The fraction of sp³-hybridized carbons (Fsp3) is 0.636. The number of halogens is 1. The van der Waals surface area contributed by atoms with Gasteiger partial charge >= 0.3 is 0 Å². The summed E-state index contributed by atoms with van der Waals surface area (Å²) in [4.78, 5) is 18.1. The first kappa shape index (κ1) is 11.9. The van der Waals surface area contributed by atoms with E-state index in [0.29, 0.717) is 14.8 Å². The van der Waals surface area contributed by atoms with Gasteiger partial charge in [0.05, 0.1) is 6.33 Å². The van der Waals surface area contributed by atoms with E-state index in [-0.39, 0.29) is 5.56 Å². The fourth-order valence-electron chi connectivity index (χ4n) is 2.21. The highest BCUT2D eigenvalue weighted by molar-refractivity contribution is 14.1. The van der Waals surface area contributed by atoms with Crippen LogP contribution in [0, 0.1) is 8.99 Å². The molecule has 1 aromatic rings. The van der Waals surface area contributed by atoms with Crippen molar-refractivity contribution < 1.29 is 0 Å². The van der Waals surface area contributed by atoms with Gasteiger partial charge in [-0.3, -0.25) is 4.79 Å². The molecule has 0 aliphatic heterocycles. The van der Waals surface area contributed by atoms with Gasteiger partial charge in [0.25, 0.3) is 5.56 Å². The van der Waals surface area contributed by atoms with Crippen LogP contribution in [0.25, 0.3) is 0 Å². The van der Waals surface area contributed by atoms with E-state index in [1.807, 2.05) is 22.6 Å². The Morgan fingerprint density at radius 3 is 2.94 bits per heavy atom. The Morgan fingerprint density at radius 1 is 1.56 bits per heavy atom. The quantitative estimate of drug-likeness (QED) is 0.835. The smallest absolute Gasteiger partial charge is 0.266 e. The zero-order valence-corrected chi connectivity index (χ0v) is 11.5. The van der Waals surface area contributed by atoms with Crippen LogP contribution < -0.4 is 10.9 Å². The van der Waals surface area contributed by atoms with Crippen molar-refractivity contribution in [2.75, 3.05) is 11.9 Å². The molecule has 1 aromatic heterocycles. The van der Waals surface area contributed by atoms with E-state index in [2.05, 4.69) is 22.2 Å². The van der Waals surface area contributed by atoms with Crippen LogP contribution in [0.5, 0.6) is 0 Å². The van der Waals surface area contributed by atoms with Crippen molar-refractivity contribution in [3.8, 4) is 0 Å². The van der Waals surface area contributed by atoms with Crippen molar-refractivity contribution in [1.29, 1.82) is 0 Å². The predicted octanol–water partition coefficient (Wildman–Crippen LogP) is 2.37. The topological polar surface area (TPSA) is 57.8 Å². The molecule has 0 bridgehead atoms. The molecule has 2 N–H and O–H groups in total. The minimum atomic E-state index is -0.0744. The number of rotatable bonds is 3. The van der Waals surface area contributed by atoms with Gasteiger partial charge in [-0.25, -0.2) is 4.98 Å². The molecule has 2 rings (SSSR count). The number of anilines is 1. The van der Waals surface area contributed by atoms with Gasteiger partial charge in [-0.05, 0) is 40.8 Å². The average molecular weight is 333 g/mol. The first-order valence-electron chi connectivity index (χ1n) is 5.58. The lowest BCUT2D eigenvalue weighted by molar-refractivity contribution is 0.361. The normalized spacial score (nSPS) is 18.6. The molecule has 0 radical (unpaired) electrons. The predicted molar refractivity (Wildman–Crippen MR) is 72.6 cm³/mol. The molecule has 0 aromatic carbocycles. The lowest BCUT2D eigenvalue weighted by Crippen LogP contribution is -2.25. The van der Waals surface area contributed by atoms with Crippen molar-refractivity contribution >= 4 is 28.4 Å². The van der Waals surface area contributed by atoms with Gasteiger partial charge in [0.15, 0.2) is 0 Å². The molecule has 1 saturated carbocycles. The average Bonchev–Trinajstić information content (AvgIpc) is 2.68. The third-order valence-electron chi connectivity index (χ3n) is 3.29. The maximum Gasteiger partial charge on any atom is 0.266 e. The first-order valence-corrected chi connectivity index (χ1v) is 6.66. The van der Waals surface area contributed by atoms with Gasteiger partial charge in [0, 0.05) is 6.54 Å². The van der Waals surface area contributed by atoms with E-state index in [1.165, 1.54) is 32.0 Å². The molecule has 0 spiro atoms. The number of H-pyrrole nitrogens is 1. The number of hydrogen-bond acceptors (Lipinski definition) is 3. The number of nitrogens with one attached hydrogen (secondary N) is 2. The summed E-state index contributed by atoms with van der Waals surface area (Å²) in [6.45, 7) is 3.20. The second-order valence-corrected chi connectivity index (χ2v) is 5.84. The maximum atomic E-state index is 11.4. The molecule has 0 atom stereocenters. The van der Waals surface area contributed by atoms with Crippen LogP contribution in [-0.4, -0.2) is 16.5 Å². The summed E-state index contributed by atoms with van der Waals surface area (Å²) in [5.74, 6) is 0.706.